The second-order valence-electron chi connectivity index (χ2n) is 3.52. The maximum Gasteiger partial charge on any atom is 0.303 e. The third-order valence-corrected chi connectivity index (χ3v) is 2.17. The predicted octanol–water partition coefficient (Wildman–Crippen LogP) is 0.206. The Balaban J connectivity index is 2.28. The molecule has 6 nitrogen and oxygen atoms in total. The average molecular weight is 225 g/mol. The first-order valence-corrected chi connectivity index (χ1v) is 5.03. The molecule has 0 aliphatic heterocycles. The fourth-order valence-electron chi connectivity index (χ4n) is 1.25. The molecule has 1 aromatic rings. The van der Waals surface area contributed by atoms with Gasteiger partial charge in [-0.1, -0.05) is 0 Å². The van der Waals surface area contributed by atoms with Crippen LogP contribution in [0.3, 0.4) is 0 Å². The molecular formula is C10H15N3O3. The first kappa shape index (κ1) is 12.2. The van der Waals surface area contributed by atoms with Crippen LogP contribution in [0.15, 0.2) is 18.5 Å². The summed E-state index contributed by atoms with van der Waals surface area (Å²) >= 11 is 0. The van der Waals surface area contributed by atoms with Crippen molar-refractivity contribution in [2.75, 3.05) is 13.6 Å². The maximum absolute atomic E-state index is 11.6. The zero-order valence-corrected chi connectivity index (χ0v) is 9.17. The van der Waals surface area contributed by atoms with Crippen molar-refractivity contribution in [3.8, 4) is 0 Å². The summed E-state index contributed by atoms with van der Waals surface area (Å²) in [5, 5.41) is 12.4. The van der Waals surface area contributed by atoms with E-state index in [2.05, 4.69) is 5.10 Å². The number of aliphatic carboxylic acids is 1. The Kier molecular flexibility index (Phi) is 4.50. The fraction of sp³-hybridized carbons (Fsp3) is 0.500. The number of hydrogen-bond acceptors (Lipinski definition) is 3. The van der Waals surface area contributed by atoms with Crippen molar-refractivity contribution in [3.05, 3.63) is 18.5 Å². The van der Waals surface area contributed by atoms with E-state index in [9.17, 15) is 9.59 Å². The number of carbonyl (C=O) groups excluding carboxylic acids is 1. The molecule has 0 saturated carbocycles. The van der Waals surface area contributed by atoms with Crippen molar-refractivity contribution in [3.63, 3.8) is 0 Å². The number of rotatable bonds is 6. The molecule has 6 heteroatoms. The van der Waals surface area contributed by atoms with Gasteiger partial charge in [-0.05, 0) is 12.5 Å². The van der Waals surface area contributed by atoms with Gasteiger partial charge in [-0.25, -0.2) is 0 Å². The Morgan fingerprint density at radius 2 is 2.25 bits per heavy atom. The minimum atomic E-state index is -0.840. The lowest BCUT2D eigenvalue weighted by atomic mass is 10.3. The molecule has 0 bridgehead atoms. The zero-order valence-electron chi connectivity index (χ0n) is 9.17. The summed E-state index contributed by atoms with van der Waals surface area (Å²) in [6.07, 6.45) is 3.87. The molecule has 1 N–H and O–H groups in total. The molecule has 16 heavy (non-hydrogen) atoms. The van der Waals surface area contributed by atoms with Crippen LogP contribution in [0.1, 0.15) is 12.8 Å². The SMILES string of the molecule is CN(CCCC(=O)O)C(=O)Cn1cccn1. The molecular weight excluding hydrogens is 210 g/mol. The van der Waals surface area contributed by atoms with Crippen molar-refractivity contribution in [1.82, 2.24) is 14.7 Å². The average Bonchev–Trinajstić information content (AvgIpc) is 2.69. The molecule has 0 radical (unpaired) electrons. The number of aromatic nitrogens is 2. The number of carboxylic acid groups (broad SMARTS) is 1. The van der Waals surface area contributed by atoms with Crippen LogP contribution in [-0.4, -0.2) is 45.3 Å². The molecule has 0 saturated heterocycles. The summed E-state index contributed by atoms with van der Waals surface area (Å²) in [4.78, 5) is 23.4. The lowest BCUT2D eigenvalue weighted by Crippen LogP contribution is -2.31. The first-order chi connectivity index (χ1) is 7.59. The second-order valence-corrected chi connectivity index (χ2v) is 3.52. The normalized spacial score (nSPS) is 10.1. The first-order valence-electron chi connectivity index (χ1n) is 5.03. The number of carboxylic acids is 1. The summed E-state index contributed by atoms with van der Waals surface area (Å²) in [6.45, 7) is 0.642. The van der Waals surface area contributed by atoms with Gasteiger partial charge in [0.05, 0.1) is 0 Å². The molecule has 1 heterocycles. The molecule has 0 aliphatic rings. The van der Waals surface area contributed by atoms with Crippen molar-refractivity contribution in [2.45, 2.75) is 19.4 Å². The highest BCUT2D eigenvalue weighted by molar-refractivity contribution is 5.75. The topological polar surface area (TPSA) is 75.4 Å². The third kappa shape index (κ3) is 4.12. The van der Waals surface area contributed by atoms with Gasteiger partial charge in [0.1, 0.15) is 6.54 Å². The summed E-state index contributed by atoms with van der Waals surface area (Å²) in [5.41, 5.74) is 0. The van der Waals surface area contributed by atoms with Crippen LogP contribution in [0.25, 0.3) is 0 Å². The van der Waals surface area contributed by atoms with Gasteiger partial charge < -0.3 is 10.0 Å². The molecule has 1 aromatic heterocycles. The van der Waals surface area contributed by atoms with Crippen LogP contribution in [-0.2, 0) is 16.1 Å². The molecule has 0 atom stereocenters. The predicted molar refractivity (Wildman–Crippen MR) is 56.7 cm³/mol. The Bertz CT molecular complexity index is 348. The number of amides is 1. The quantitative estimate of drug-likeness (QED) is 0.750. The van der Waals surface area contributed by atoms with Gasteiger partial charge in [-0.2, -0.15) is 5.10 Å². The van der Waals surface area contributed by atoms with E-state index in [4.69, 9.17) is 5.11 Å². The lowest BCUT2D eigenvalue weighted by Gasteiger charge is -2.16. The zero-order chi connectivity index (χ0) is 12.0. The smallest absolute Gasteiger partial charge is 0.303 e. The van der Waals surface area contributed by atoms with Gasteiger partial charge in [0.25, 0.3) is 0 Å². The van der Waals surface area contributed by atoms with E-state index in [1.165, 1.54) is 9.58 Å². The summed E-state index contributed by atoms with van der Waals surface area (Å²) in [6, 6.07) is 1.75. The van der Waals surface area contributed by atoms with E-state index in [1.54, 1.807) is 25.5 Å². The molecule has 88 valence electrons. The van der Waals surface area contributed by atoms with E-state index in [0.29, 0.717) is 13.0 Å². The van der Waals surface area contributed by atoms with Gasteiger partial charge in [-0.3, -0.25) is 14.3 Å². The van der Waals surface area contributed by atoms with Crippen molar-refractivity contribution in [1.29, 1.82) is 0 Å². The minimum Gasteiger partial charge on any atom is -0.481 e. The standard InChI is InChI=1S/C10H15N3O3/c1-12(6-2-4-10(15)16)9(14)8-13-7-3-5-11-13/h3,5,7H,2,4,6,8H2,1H3,(H,15,16). The highest BCUT2D eigenvalue weighted by Crippen LogP contribution is 1.96. The van der Waals surface area contributed by atoms with Crippen LogP contribution in [0.4, 0.5) is 0 Å². The molecule has 0 aliphatic carbocycles. The van der Waals surface area contributed by atoms with E-state index >= 15 is 0 Å². The van der Waals surface area contributed by atoms with E-state index < -0.39 is 5.97 Å². The summed E-state index contributed by atoms with van der Waals surface area (Å²) in [5.74, 6) is -0.915. The van der Waals surface area contributed by atoms with Gasteiger partial charge >= 0.3 is 5.97 Å². The van der Waals surface area contributed by atoms with Crippen LogP contribution in [0, 0.1) is 0 Å². The molecule has 0 aromatic carbocycles. The molecule has 0 spiro atoms. The number of carbonyl (C=O) groups is 2. The molecule has 0 fully saturated rings. The van der Waals surface area contributed by atoms with E-state index in [-0.39, 0.29) is 18.9 Å². The van der Waals surface area contributed by atoms with Crippen molar-refractivity contribution >= 4 is 11.9 Å². The third-order valence-electron chi connectivity index (χ3n) is 2.17. The van der Waals surface area contributed by atoms with Gasteiger partial charge in [0, 0.05) is 32.4 Å². The van der Waals surface area contributed by atoms with E-state index in [1.807, 2.05) is 0 Å². The maximum atomic E-state index is 11.6. The van der Waals surface area contributed by atoms with E-state index in [0.717, 1.165) is 0 Å². The highest BCUT2D eigenvalue weighted by atomic mass is 16.4. The van der Waals surface area contributed by atoms with Gasteiger partial charge in [0.2, 0.25) is 5.91 Å². The van der Waals surface area contributed by atoms with Crippen LogP contribution < -0.4 is 0 Å². The Hall–Kier alpha value is -1.85. The van der Waals surface area contributed by atoms with Gasteiger partial charge in [0.15, 0.2) is 0 Å². The summed E-state index contributed by atoms with van der Waals surface area (Å²) < 4.78 is 1.54. The highest BCUT2D eigenvalue weighted by Gasteiger charge is 2.09. The monoisotopic (exact) mass is 225 g/mol. The molecule has 1 rings (SSSR count). The Morgan fingerprint density at radius 1 is 1.50 bits per heavy atom. The number of hydrogen-bond donors (Lipinski definition) is 1. The molecule has 1 amide bonds. The molecule has 0 unspecified atom stereocenters. The second kappa shape index (κ2) is 5.89. The number of likely N-dealkylation sites (N-methyl/N-ethyl adjacent to an activating group) is 1. The Labute approximate surface area is 93.5 Å². The summed E-state index contributed by atoms with van der Waals surface area (Å²) in [7, 11) is 1.66. The van der Waals surface area contributed by atoms with Crippen LogP contribution >= 0.6 is 0 Å². The van der Waals surface area contributed by atoms with Gasteiger partial charge in [-0.15, -0.1) is 0 Å². The lowest BCUT2D eigenvalue weighted by molar-refractivity contribution is -0.138. The number of nitrogens with zero attached hydrogens (tertiary/aromatic N) is 3. The van der Waals surface area contributed by atoms with Crippen LogP contribution in [0.2, 0.25) is 0 Å². The fourth-order valence-corrected chi connectivity index (χ4v) is 1.25. The largest absolute Gasteiger partial charge is 0.481 e. The van der Waals surface area contributed by atoms with Crippen LogP contribution in [0.5, 0.6) is 0 Å². The van der Waals surface area contributed by atoms with Crippen molar-refractivity contribution < 1.29 is 14.7 Å². The minimum absolute atomic E-state index is 0.0749. The van der Waals surface area contributed by atoms with Crippen molar-refractivity contribution in [2.24, 2.45) is 0 Å². The Morgan fingerprint density at radius 3 is 2.81 bits per heavy atom.